The molecular weight excluding hydrogens is 308 g/mol. The van der Waals surface area contributed by atoms with Crippen molar-refractivity contribution >= 4 is 5.69 Å². The van der Waals surface area contributed by atoms with E-state index in [1.165, 1.54) is 69.8 Å². The molecule has 2 heterocycles. The highest BCUT2D eigenvalue weighted by Gasteiger charge is 2.24. The minimum Gasteiger partial charge on any atom is -0.371 e. The van der Waals surface area contributed by atoms with Crippen LogP contribution >= 0.6 is 0 Å². The second-order valence-electron chi connectivity index (χ2n) is 7.86. The summed E-state index contributed by atoms with van der Waals surface area (Å²) in [5.74, 6) is 0. The van der Waals surface area contributed by atoms with Crippen molar-refractivity contribution in [3.8, 4) is 0 Å². The first kappa shape index (κ1) is 18.7. The van der Waals surface area contributed by atoms with E-state index in [-0.39, 0.29) is 0 Å². The minimum absolute atomic E-state index is 0.682. The van der Waals surface area contributed by atoms with Crippen LogP contribution in [0.25, 0.3) is 0 Å². The molecule has 2 saturated heterocycles. The number of piperazine rings is 1. The van der Waals surface area contributed by atoms with Gasteiger partial charge in [0.05, 0.1) is 0 Å². The zero-order valence-corrected chi connectivity index (χ0v) is 16.4. The number of benzene rings is 1. The van der Waals surface area contributed by atoms with Crippen molar-refractivity contribution in [3.05, 3.63) is 29.8 Å². The summed E-state index contributed by atoms with van der Waals surface area (Å²) in [6.07, 6.45) is 3.76. The van der Waals surface area contributed by atoms with Gasteiger partial charge in [0.2, 0.25) is 0 Å². The summed E-state index contributed by atoms with van der Waals surface area (Å²) in [5.41, 5.74) is 2.82. The van der Waals surface area contributed by atoms with Gasteiger partial charge >= 0.3 is 0 Å². The monoisotopic (exact) mass is 344 g/mol. The third kappa shape index (κ3) is 4.96. The van der Waals surface area contributed by atoms with E-state index in [1.54, 1.807) is 0 Å². The quantitative estimate of drug-likeness (QED) is 0.856. The molecular formula is C21H36N4. The van der Waals surface area contributed by atoms with Gasteiger partial charge in [0, 0.05) is 63.6 Å². The van der Waals surface area contributed by atoms with Crippen molar-refractivity contribution in [2.75, 3.05) is 57.8 Å². The number of aryl methyl sites for hydroxylation is 1. The highest BCUT2D eigenvalue weighted by atomic mass is 15.3. The van der Waals surface area contributed by atoms with E-state index in [4.69, 9.17) is 0 Å². The van der Waals surface area contributed by atoms with Gasteiger partial charge in [-0.1, -0.05) is 25.1 Å². The van der Waals surface area contributed by atoms with E-state index in [0.717, 1.165) is 6.54 Å². The lowest BCUT2D eigenvalue weighted by molar-refractivity contribution is 0.106. The molecule has 2 aliphatic rings. The zero-order chi connectivity index (χ0) is 17.6. The lowest BCUT2D eigenvalue weighted by atomic mass is 10.0. The summed E-state index contributed by atoms with van der Waals surface area (Å²) in [4.78, 5) is 7.69. The molecule has 2 aliphatic heterocycles. The normalized spacial score (nSPS) is 22.3. The first-order valence-corrected chi connectivity index (χ1v) is 10.1. The van der Waals surface area contributed by atoms with Crippen LogP contribution in [-0.2, 0) is 0 Å². The van der Waals surface area contributed by atoms with Gasteiger partial charge in [0.25, 0.3) is 0 Å². The highest BCUT2D eigenvalue weighted by molar-refractivity contribution is 5.53. The van der Waals surface area contributed by atoms with Gasteiger partial charge in [0.15, 0.2) is 0 Å². The molecule has 0 aliphatic carbocycles. The van der Waals surface area contributed by atoms with Crippen LogP contribution in [0.5, 0.6) is 0 Å². The number of anilines is 1. The van der Waals surface area contributed by atoms with E-state index in [2.05, 4.69) is 65.2 Å². The van der Waals surface area contributed by atoms with Gasteiger partial charge in [-0.3, -0.25) is 4.90 Å². The lowest BCUT2D eigenvalue weighted by Gasteiger charge is -2.39. The van der Waals surface area contributed by atoms with Crippen LogP contribution in [0.1, 0.15) is 31.7 Å². The molecule has 4 nitrogen and oxygen atoms in total. The Hall–Kier alpha value is -1.10. The molecule has 0 aromatic heterocycles. The Kier molecular flexibility index (Phi) is 6.74. The van der Waals surface area contributed by atoms with Crippen molar-refractivity contribution in [1.82, 2.24) is 15.1 Å². The molecule has 1 N–H and O–H groups in total. The summed E-state index contributed by atoms with van der Waals surface area (Å²) in [5, 5.41) is 3.89. The summed E-state index contributed by atoms with van der Waals surface area (Å²) >= 11 is 0. The van der Waals surface area contributed by atoms with Gasteiger partial charge in [-0.2, -0.15) is 0 Å². The smallest absolute Gasteiger partial charge is 0.0395 e. The topological polar surface area (TPSA) is 21.8 Å². The van der Waals surface area contributed by atoms with Crippen LogP contribution in [0, 0.1) is 6.92 Å². The molecule has 1 unspecified atom stereocenters. The number of hydrogen-bond acceptors (Lipinski definition) is 4. The Bertz CT molecular complexity index is 516. The van der Waals surface area contributed by atoms with Gasteiger partial charge in [0.1, 0.15) is 0 Å². The summed E-state index contributed by atoms with van der Waals surface area (Å²) in [7, 11) is 2.23. The van der Waals surface area contributed by atoms with Crippen LogP contribution in [-0.4, -0.2) is 74.7 Å². The van der Waals surface area contributed by atoms with Crippen molar-refractivity contribution in [3.63, 3.8) is 0 Å². The Labute approximate surface area is 154 Å². The lowest BCUT2D eigenvalue weighted by Crippen LogP contribution is -2.53. The summed E-state index contributed by atoms with van der Waals surface area (Å²) in [6.45, 7) is 12.9. The predicted molar refractivity (Wildman–Crippen MR) is 108 cm³/mol. The molecule has 0 spiro atoms. The van der Waals surface area contributed by atoms with E-state index in [9.17, 15) is 0 Å². The van der Waals surface area contributed by atoms with Crippen LogP contribution < -0.4 is 10.2 Å². The molecule has 0 radical (unpaired) electrons. The van der Waals surface area contributed by atoms with Crippen LogP contribution in [0.3, 0.4) is 0 Å². The SMILES string of the molecule is CCC(CNC1CCN(c2ccccc2C)CC1)N1CCN(C)CC1. The molecule has 25 heavy (non-hydrogen) atoms. The number of hydrogen-bond donors (Lipinski definition) is 1. The molecule has 1 atom stereocenters. The van der Waals surface area contributed by atoms with Crippen molar-refractivity contribution in [2.24, 2.45) is 0 Å². The second kappa shape index (κ2) is 9.02. The third-order valence-corrected chi connectivity index (χ3v) is 6.12. The standard InChI is InChI=1S/C21H36N4/c1-4-20(24-15-13-23(3)14-16-24)17-22-19-9-11-25(12-10-19)21-8-6-5-7-18(21)2/h5-8,19-20,22H,4,9-17H2,1-3H3. The van der Waals surface area contributed by atoms with Gasteiger partial charge < -0.3 is 15.1 Å². The average molecular weight is 345 g/mol. The first-order valence-electron chi connectivity index (χ1n) is 10.1. The zero-order valence-electron chi connectivity index (χ0n) is 16.4. The fourth-order valence-electron chi connectivity index (χ4n) is 4.26. The van der Waals surface area contributed by atoms with Crippen LogP contribution in [0.4, 0.5) is 5.69 Å². The van der Waals surface area contributed by atoms with Crippen molar-refractivity contribution < 1.29 is 0 Å². The first-order chi connectivity index (χ1) is 12.2. The summed E-state index contributed by atoms with van der Waals surface area (Å²) in [6, 6.07) is 10.2. The largest absolute Gasteiger partial charge is 0.371 e. The predicted octanol–water partition coefficient (Wildman–Crippen LogP) is 2.58. The maximum absolute atomic E-state index is 3.89. The van der Waals surface area contributed by atoms with Gasteiger partial charge in [-0.25, -0.2) is 0 Å². The molecule has 140 valence electrons. The Morgan fingerprint density at radius 3 is 2.36 bits per heavy atom. The van der Waals surface area contributed by atoms with Crippen LogP contribution in [0.15, 0.2) is 24.3 Å². The second-order valence-corrected chi connectivity index (χ2v) is 7.86. The Morgan fingerprint density at radius 2 is 1.72 bits per heavy atom. The Morgan fingerprint density at radius 1 is 1.04 bits per heavy atom. The molecule has 2 fully saturated rings. The number of para-hydroxylation sites is 1. The van der Waals surface area contributed by atoms with E-state index < -0.39 is 0 Å². The minimum atomic E-state index is 0.682. The number of piperidine rings is 1. The molecule has 4 heteroatoms. The fourth-order valence-corrected chi connectivity index (χ4v) is 4.26. The van der Waals surface area contributed by atoms with Crippen LogP contribution in [0.2, 0.25) is 0 Å². The highest BCUT2D eigenvalue weighted by Crippen LogP contribution is 2.23. The average Bonchev–Trinajstić information content (AvgIpc) is 2.65. The summed E-state index contributed by atoms with van der Waals surface area (Å²) < 4.78 is 0. The molecule has 0 amide bonds. The maximum Gasteiger partial charge on any atom is 0.0395 e. The molecule has 1 aromatic rings. The molecule has 1 aromatic carbocycles. The van der Waals surface area contributed by atoms with Crippen molar-refractivity contribution in [1.29, 1.82) is 0 Å². The van der Waals surface area contributed by atoms with Crippen molar-refractivity contribution in [2.45, 2.75) is 45.2 Å². The van der Waals surface area contributed by atoms with E-state index >= 15 is 0 Å². The number of nitrogens with one attached hydrogen (secondary N) is 1. The number of nitrogens with zero attached hydrogens (tertiary/aromatic N) is 3. The Balaban J connectivity index is 1.43. The van der Waals surface area contributed by atoms with Gasteiger partial charge in [-0.15, -0.1) is 0 Å². The molecule has 0 bridgehead atoms. The van der Waals surface area contributed by atoms with E-state index in [1.807, 2.05) is 0 Å². The third-order valence-electron chi connectivity index (χ3n) is 6.12. The number of likely N-dealkylation sites (N-methyl/N-ethyl adjacent to an activating group) is 1. The fraction of sp³-hybridized carbons (Fsp3) is 0.714. The number of rotatable bonds is 6. The molecule has 0 saturated carbocycles. The maximum atomic E-state index is 3.89. The molecule has 3 rings (SSSR count). The van der Waals surface area contributed by atoms with Gasteiger partial charge in [-0.05, 0) is 44.9 Å². The van der Waals surface area contributed by atoms with E-state index in [0.29, 0.717) is 12.1 Å².